The maximum absolute atomic E-state index is 13.5. The van der Waals surface area contributed by atoms with Gasteiger partial charge in [0.05, 0.1) is 16.5 Å². The molecule has 3 rings (SSSR count). The van der Waals surface area contributed by atoms with Crippen LogP contribution in [-0.4, -0.2) is 41.1 Å². The van der Waals surface area contributed by atoms with E-state index in [2.05, 4.69) is 4.98 Å². The van der Waals surface area contributed by atoms with E-state index in [1.807, 2.05) is 0 Å². The summed E-state index contributed by atoms with van der Waals surface area (Å²) in [5.41, 5.74) is -0.623. The van der Waals surface area contributed by atoms with Gasteiger partial charge in [-0.1, -0.05) is 11.6 Å². The molecule has 0 aliphatic carbocycles. The Hall–Kier alpha value is -2.88. The summed E-state index contributed by atoms with van der Waals surface area (Å²) < 4.78 is 53.6. The number of likely N-dealkylation sites (N-methyl/N-ethyl adjacent to an activating group) is 1. The van der Waals surface area contributed by atoms with Crippen molar-refractivity contribution in [3.8, 4) is 0 Å². The summed E-state index contributed by atoms with van der Waals surface area (Å²) in [4.78, 5) is 31.7. The summed E-state index contributed by atoms with van der Waals surface area (Å²) >= 11 is 5.79. The lowest BCUT2D eigenvalue weighted by atomic mass is 10.00. The van der Waals surface area contributed by atoms with Crippen molar-refractivity contribution in [2.45, 2.75) is 38.5 Å². The lowest BCUT2D eigenvalue weighted by Crippen LogP contribution is -2.47. The first-order valence-electron chi connectivity index (χ1n) is 9.61. The van der Waals surface area contributed by atoms with Crippen molar-refractivity contribution in [3.63, 3.8) is 0 Å². The van der Waals surface area contributed by atoms with Crippen molar-refractivity contribution in [2.24, 2.45) is 5.92 Å². The molecular formula is C21H20ClF4N3O3. The van der Waals surface area contributed by atoms with Crippen LogP contribution in [0.2, 0.25) is 5.02 Å². The molecule has 1 aromatic heterocycles. The van der Waals surface area contributed by atoms with Crippen molar-refractivity contribution < 1.29 is 32.3 Å². The van der Waals surface area contributed by atoms with Crippen molar-refractivity contribution in [2.75, 3.05) is 16.8 Å². The van der Waals surface area contributed by atoms with Crippen LogP contribution < -0.4 is 9.80 Å². The largest absolute Gasteiger partial charge is 0.481 e. The molecule has 2 aromatic rings. The van der Waals surface area contributed by atoms with Gasteiger partial charge in [0.1, 0.15) is 17.7 Å². The molecule has 1 N–H and O–H groups in total. The highest BCUT2D eigenvalue weighted by Gasteiger charge is 2.47. The number of rotatable bonds is 4. The van der Waals surface area contributed by atoms with Gasteiger partial charge < -0.3 is 14.9 Å². The average molecular weight is 474 g/mol. The number of carboxylic acids is 1. The third-order valence-electron chi connectivity index (χ3n) is 5.59. The van der Waals surface area contributed by atoms with Gasteiger partial charge in [0.15, 0.2) is 0 Å². The van der Waals surface area contributed by atoms with E-state index in [0.717, 1.165) is 18.2 Å². The predicted molar refractivity (Wildman–Crippen MR) is 110 cm³/mol. The Balaban J connectivity index is 2.05. The minimum Gasteiger partial charge on any atom is -0.481 e. The predicted octanol–water partition coefficient (Wildman–Crippen LogP) is 4.53. The molecule has 1 saturated heterocycles. The van der Waals surface area contributed by atoms with Crippen LogP contribution in [0.3, 0.4) is 0 Å². The smallest absolute Gasteiger partial charge is 0.416 e. The van der Waals surface area contributed by atoms with Gasteiger partial charge in [-0.15, -0.1) is 0 Å². The fourth-order valence-electron chi connectivity index (χ4n) is 3.92. The van der Waals surface area contributed by atoms with E-state index in [1.165, 1.54) is 42.8 Å². The number of carbonyl (C=O) groups is 2. The van der Waals surface area contributed by atoms with Gasteiger partial charge in [-0.25, -0.2) is 9.37 Å². The highest BCUT2D eigenvalue weighted by Crippen LogP contribution is 2.38. The number of aryl methyl sites for hydroxylation is 1. The summed E-state index contributed by atoms with van der Waals surface area (Å²) in [5, 5.41) is 9.39. The quantitative estimate of drug-likeness (QED) is 0.660. The normalized spacial score (nSPS) is 21.0. The molecular weight excluding hydrogens is 454 g/mol. The second kappa shape index (κ2) is 8.57. The number of benzene rings is 1. The molecule has 0 radical (unpaired) electrons. The number of aromatic nitrogens is 1. The Morgan fingerprint density at radius 2 is 1.91 bits per heavy atom. The van der Waals surface area contributed by atoms with Crippen LogP contribution in [0.5, 0.6) is 0 Å². The average Bonchev–Trinajstić information content (AvgIpc) is 3.05. The zero-order valence-electron chi connectivity index (χ0n) is 17.3. The number of hydrogen-bond acceptors (Lipinski definition) is 4. The number of aliphatic carboxylic acids is 1. The van der Waals surface area contributed by atoms with Crippen LogP contribution >= 0.6 is 11.6 Å². The van der Waals surface area contributed by atoms with Crippen LogP contribution in [0, 0.1) is 18.7 Å². The van der Waals surface area contributed by atoms with E-state index >= 15 is 0 Å². The second-order valence-electron chi connectivity index (χ2n) is 7.69. The number of alkyl halides is 3. The van der Waals surface area contributed by atoms with Crippen LogP contribution in [0.15, 0.2) is 30.3 Å². The van der Waals surface area contributed by atoms with E-state index in [-0.39, 0.29) is 28.6 Å². The Kier molecular flexibility index (Phi) is 6.37. The molecule has 0 bridgehead atoms. The Morgan fingerprint density at radius 1 is 1.25 bits per heavy atom. The molecule has 0 saturated carbocycles. The maximum atomic E-state index is 13.5. The van der Waals surface area contributed by atoms with Crippen LogP contribution in [0.4, 0.5) is 29.1 Å². The molecule has 3 atom stereocenters. The summed E-state index contributed by atoms with van der Waals surface area (Å²) in [7, 11) is 1.40. The summed E-state index contributed by atoms with van der Waals surface area (Å²) in [6, 6.07) is 3.42. The minimum absolute atomic E-state index is 0.0747. The van der Waals surface area contributed by atoms with E-state index < -0.39 is 47.4 Å². The zero-order chi connectivity index (χ0) is 24.0. The van der Waals surface area contributed by atoms with Gasteiger partial charge in [-0.05, 0) is 50.6 Å². The molecule has 3 unspecified atom stereocenters. The Bertz CT molecular complexity index is 1060. The van der Waals surface area contributed by atoms with Gasteiger partial charge in [-0.2, -0.15) is 13.2 Å². The van der Waals surface area contributed by atoms with E-state index in [9.17, 15) is 32.3 Å². The van der Waals surface area contributed by atoms with Gasteiger partial charge in [-0.3, -0.25) is 9.59 Å². The SMILES string of the molecule is Cc1cc(C(F)(F)F)cc(N2C(C(=O)N(C)c3ccc(F)c(Cl)c3)CC(C(=O)O)C2C)n1. The summed E-state index contributed by atoms with van der Waals surface area (Å²) in [5.74, 6) is -3.58. The van der Waals surface area contributed by atoms with Gasteiger partial charge in [0.25, 0.3) is 0 Å². The number of pyridine rings is 1. The minimum atomic E-state index is -4.64. The lowest BCUT2D eigenvalue weighted by molar-refractivity contribution is -0.142. The van der Waals surface area contributed by atoms with E-state index in [0.29, 0.717) is 0 Å². The lowest BCUT2D eigenvalue weighted by Gasteiger charge is -2.32. The molecule has 2 heterocycles. The van der Waals surface area contributed by atoms with Crippen molar-refractivity contribution in [1.29, 1.82) is 0 Å². The fraction of sp³-hybridized carbons (Fsp3) is 0.381. The molecule has 1 amide bonds. The molecule has 0 spiro atoms. The molecule has 6 nitrogen and oxygen atoms in total. The molecule has 11 heteroatoms. The van der Waals surface area contributed by atoms with Crippen LogP contribution in [0.25, 0.3) is 0 Å². The van der Waals surface area contributed by atoms with Crippen LogP contribution in [-0.2, 0) is 15.8 Å². The van der Waals surface area contributed by atoms with E-state index in [1.54, 1.807) is 0 Å². The van der Waals surface area contributed by atoms with E-state index in [4.69, 9.17) is 11.6 Å². The maximum Gasteiger partial charge on any atom is 0.416 e. The number of amides is 1. The summed E-state index contributed by atoms with van der Waals surface area (Å²) in [6.07, 6.45) is -4.77. The molecule has 32 heavy (non-hydrogen) atoms. The molecule has 1 aromatic carbocycles. The molecule has 172 valence electrons. The number of anilines is 2. The number of carbonyl (C=O) groups excluding carboxylic acids is 1. The van der Waals surface area contributed by atoms with Gasteiger partial charge in [0, 0.05) is 24.5 Å². The first-order valence-corrected chi connectivity index (χ1v) is 9.98. The first kappa shape index (κ1) is 23.8. The van der Waals surface area contributed by atoms with Gasteiger partial charge in [0.2, 0.25) is 5.91 Å². The molecule has 1 aliphatic rings. The highest BCUT2D eigenvalue weighted by molar-refractivity contribution is 6.31. The topological polar surface area (TPSA) is 73.7 Å². The molecule has 1 aliphatic heterocycles. The monoisotopic (exact) mass is 473 g/mol. The third-order valence-corrected chi connectivity index (χ3v) is 5.88. The number of halogens is 5. The fourth-order valence-corrected chi connectivity index (χ4v) is 4.09. The molecule has 1 fully saturated rings. The van der Waals surface area contributed by atoms with Gasteiger partial charge >= 0.3 is 12.1 Å². The number of hydrogen-bond donors (Lipinski definition) is 1. The van der Waals surface area contributed by atoms with Crippen molar-refractivity contribution in [3.05, 3.63) is 52.4 Å². The number of carboxylic acid groups (broad SMARTS) is 1. The Morgan fingerprint density at radius 3 is 2.47 bits per heavy atom. The Labute approximate surface area is 186 Å². The zero-order valence-corrected chi connectivity index (χ0v) is 18.1. The van der Waals surface area contributed by atoms with Crippen LogP contribution in [0.1, 0.15) is 24.6 Å². The number of nitrogens with zero attached hydrogens (tertiary/aromatic N) is 3. The third kappa shape index (κ3) is 4.50. The summed E-state index contributed by atoms with van der Waals surface area (Å²) in [6.45, 7) is 2.91. The highest BCUT2D eigenvalue weighted by atomic mass is 35.5. The first-order chi connectivity index (χ1) is 14.8. The van der Waals surface area contributed by atoms with Crippen molar-refractivity contribution in [1.82, 2.24) is 4.98 Å². The second-order valence-corrected chi connectivity index (χ2v) is 8.10. The van der Waals surface area contributed by atoms with Crippen molar-refractivity contribution >= 4 is 35.0 Å². The standard InChI is InChI=1S/C21H20ClF4N3O3/c1-10-6-12(21(24,25)26)7-18(27-10)29-11(2)14(20(31)32)9-17(29)19(30)28(3)13-4-5-16(23)15(22)8-13/h4-8,11,14,17H,9H2,1-3H3,(H,31,32).